The van der Waals surface area contributed by atoms with E-state index >= 15 is 0 Å². The summed E-state index contributed by atoms with van der Waals surface area (Å²) in [5.41, 5.74) is 0.436. The predicted octanol–water partition coefficient (Wildman–Crippen LogP) is 3.29. The fraction of sp³-hybridized carbons (Fsp3) is 0.625. The number of pyridine rings is 1. The van der Waals surface area contributed by atoms with Crippen molar-refractivity contribution < 1.29 is 4.79 Å². The van der Waals surface area contributed by atoms with Crippen molar-refractivity contribution in [1.82, 2.24) is 10.3 Å². The summed E-state index contributed by atoms with van der Waals surface area (Å²) in [4.78, 5) is 16.5. The highest BCUT2D eigenvalue weighted by atomic mass is 35.5. The second kappa shape index (κ2) is 4.73. The van der Waals surface area contributed by atoms with Gasteiger partial charge in [0.15, 0.2) is 0 Å². The molecule has 0 unspecified atom stereocenters. The van der Waals surface area contributed by atoms with E-state index in [2.05, 4.69) is 10.3 Å². The Labute approximate surface area is 124 Å². The summed E-state index contributed by atoms with van der Waals surface area (Å²) in [6.45, 7) is 0. The van der Waals surface area contributed by atoms with Gasteiger partial charge in [-0.1, -0.05) is 11.6 Å². The maximum atomic E-state index is 12.4. The molecule has 0 radical (unpaired) electrons. The van der Waals surface area contributed by atoms with E-state index in [1.807, 2.05) is 0 Å². The van der Waals surface area contributed by atoms with E-state index in [1.165, 1.54) is 32.1 Å². The Morgan fingerprint density at radius 1 is 1.15 bits per heavy atom. The van der Waals surface area contributed by atoms with Crippen molar-refractivity contribution >= 4 is 17.5 Å². The van der Waals surface area contributed by atoms with Crippen molar-refractivity contribution in [3.05, 3.63) is 29.0 Å². The molecule has 1 N–H and O–H groups in total. The predicted molar refractivity (Wildman–Crippen MR) is 77.5 cm³/mol. The van der Waals surface area contributed by atoms with Crippen LogP contribution in [0.15, 0.2) is 18.3 Å². The lowest BCUT2D eigenvalue weighted by Gasteiger charge is -2.54. The molecule has 4 aliphatic rings. The second-order valence-corrected chi connectivity index (χ2v) is 7.23. The quantitative estimate of drug-likeness (QED) is 0.908. The summed E-state index contributed by atoms with van der Waals surface area (Å²) >= 11 is 5.93. The van der Waals surface area contributed by atoms with Crippen LogP contribution in [0.25, 0.3) is 0 Å². The maximum Gasteiger partial charge on any atom is 0.270 e. The van der Waals surface area contributed by atoms with Crippen molar-refractivity contribution in [3.63, 3.8) is 0 Å². The summed E-state index contributed by atoms with van der Waals surface area (Å²) in [6, 6.07) is 3.70. The lowest BCUT2D eigenvalue weighted by Crippen LogP contribution is -2.55. The van der Waals surface area contributed by atoms with E-state index in [9.17, 15) is 4.79 Å². The van der Waals surface area contributed by atoms with Crippen molar-refractivity contribution in [2.24, 2.45) is 23.7 Å². The number of nitrogens with zero attached hydrogens (tertiary/aromatic N) is 1. The molecule has 0 atom stereocenters. The van der Waals surface area contributed by atoms with Crippen LogP contribution in [0.1, 0.15) is 42.6 Å². The molecule has 1 aromatic rings. The molecule has 5 rings (SSSR count). The molecule has 0 spiro atoms. The lowest BCUT2D eigenvalue weighted by atomic mass is 9.54. The van der Waals surface area contributed by atoms with Crippen LogP contribution in [0.5, 0.6) is 0 Å². The van der Waals surface area contributed by atoms with E-state index in [1.54, 1.807) is 18.3 Å². The molecule has 1 aromatic heterocycles. The minimum Gasteiger partial charge on any atom is -0.347 e. The zero-order valence-electron chi connectivity index (χ0n) is 11.4. The van der Waals surface area contributed by atoms with Gasteiger partial charge in [0.25, 0.3) is 5.91 Å². The molecule has 1 amide bonds. The van der Waals surface area contributed by atoms with Gasteiger partial charge >= 0.3 is 0 Å². The molecular weight excluding hydrogens is 272 g/mol. The molecule has 4 fully saturated rings. The van der Waals surface area contributed by atoms with Crippen LogP contribution in [0.3, 0.4) is 0 Å². The molecular formula is C16H19ClN2O. The zero-order chi connectivity index (χ0) is 13.7. The summed E-state index contributed by atoms with van der Waals surface area (Å²) < 4.78 is 0. The van der Waals surface area contributed by atoms with Crippen LogP contribution in [0.4, 0.5) is 0 Å². The Hall–Kier alpha value is -1.09. The van der Waals surface area contributed by atoms with Crippen LogP contribution in [0, 0.1) is 23.7 Å². The highest BCUT2D eigenvalue weighted by Crippen LogP contribution is 2.53. The smallest absolute Gasteiger partial charge is 0.270 e. The van der Waals surface area contributed by atoms with Gasteiger partial charge in [-0.3, -0.25) is 9.78 Å². The van der Waals surface area contributed by atoms with E-state index in [4.69, 9.17) is 11.6 Å². The topological polar surface area (TPSA) is 42.0 Å². The second-order valence-electron chi connectivity index (χ2n) is 6.79. The fourth-order valence-corrected chi connectivity index (χ4v) is 5.07. The van der Waals surface area contributed by atoms with Crippen LogP contribution in [-0.4, -0.2) is 16.9 Å². The number of nitrogens with one attached hydrogen (secondary N) is 1. The molecule has 0 saturated heterocycles. The molecule has 0 aromatic carbocycles. The minimum atomic E-state index is -0.0648. The molecule has 4 aliphatic carbocycles. The number of halogens is 1. The van der Waals surface area contributed by atoms with E-state index in [-0.39, 0.29) is 5.91 Å². The first-order valence-corrected chi connectivity index (χ1v) is 7.99. The van der Waals surface area contributed by atoms with Gasteiger partial charge in [0.05, 0.1) is 0 Å². The first kappa shape index (κ1) is 12.6. The molecule has 3 nitrogen and oxygen atoms in total. The third-order valence-electron chi connectivity index (χ3n) is 5.48. The SMILES string of the molecule is O=C(NC1C2CC3CC(C2)CC1C3)c1cc(Cl)ccn1. The lowest BCUT2D eigenvalue weighted by molar-refractivity contribution is -0.0120. The number of carbonyl (C=O) groups excluding carboxylic acids is 1. The minimum absolute atomic E-state index is 0.0648. The third kappa shape index (κ3) is 2.12. The van der Waals surface area contributed by atoms with Gasteiger partial charge in [0, 0.05) is 17.3 Å². The molecule has 4 saturated carbocycles. The number of amides is 1. The zero-order valence-corrected chi connectivity index (χ0v) is 12.1. The maximum absolute atomic E-state index is 12.4. The molecule has 0 aliphatic heterocycles. The van der Waals surface area contributed by atoms with E-state index in [0.717, 1.165) is 11.8 Å². The van der Waals surface area contributed by atoms with Crippen molar-refractivity contribution in [3.8, 4) is 0 Å². The largest absolute Gasteiger partial charge is 0.347 e. The molecule has 1 heterocycles. The number of carbonyl (C=O) groups is 1. The van der Waals surface area contributed by atoms with E-state index in [0.29, 0.717) is 28.6 Å². The normalized spacial score (nSPS) is 38.0. The van der Waals surface area contributed by atoms with Gasteiger partial charge in [-0.2, -0.15) is 0 Å². The molecule has 20 heavy (non-hydrogen) atoms. The average molecular weight is 291 g/mol. The third-order valence-corrected chi connectivity index (χ3v) is 5.71. The number of rotatable bonds is 2. The monoisotopic (exact) mass is 290 g/mol. The molecule has 4 bridgehead atoms. The van der Waals surface area contributed by atoms with E-state index < -0.39 is 0 Å². The van der Waals surface area contributed by atoms with Gasteiger partial charge < -0.3 is 5.32 Å². The van der Waals surface area contributed by atoms with Gasteiger partial charge in [-0.05, 0) is 67.9 Å². The Kier molecular flexibility index (Phi) is 2.99. The Morgan fingerprint density at radius 2 is 1.80 bits per heavy atom. The van der Waals surface area contributed by atoms with Gasteiger partial charge in [-0.25, -0.2) is 0 Å². The number of hydrogen-bond acceptors (Lipinski definition) is 2. The first-order valence-electron chi connectivity index (χ1n) is 7.61. The highest BCUT2D eigenvalue weighted by Gasteiger charge is 2.48. The standard InChI is InChI=1S/C16H19ClN2O/c17-13-1-2-18-14(8-13)16(20)19-15-11-4-9-3-10(6-11)7-12(15)5-9/h1-2,8-12,15H,3-7H2,(H,19,20). The Morgan fingerprint density at radius 3 is 2.40 bits per heavy atom. The van der Waals surface area contributed by atoms with Crippen LogP contribution in [-0.2, 0) is 0 Å². The van der Waals surface area contributed by atoms with Crippen molar-refractivity contribution in [2.75, 3.05) is 0 Å². The number of aromatic nitrogens is 1. The summed E-state index contributed by atoms with van der Waals surface area (Å²) in [7, 11) is 0. The van der Waals surface area contributed by atoms with Gasteiger partial charge in [-0.15, -0.1) is 0 Å². The van der Waals surface area contributed by atoms with Crippen LogP contribution in [0.2, 0.25) is 5.02 Å². The summed E-state index contributed by atoms with van der Waals surface area (Å²) in [5.74, 6) is 3.17. The molecule has 106 valence electrons. The Bertz CT molecular complexity index is 517. The summed E-state index contributed by atoms with van der Waals surface area (Å²) in [5, 5.41) is 3.81. The average Bonchev–Trinajstić information content (AvgIpc) is 2.42. The van der Waals surface area contributed by atoms with Crippen molar-refractivity contribution in [2.45, 2.75) is 38.1 Å². The highest BCUT2D eigenvalue weighted by molar-refractivity contribution is 6.30. The van der Waals surface area contributed by atoms with Gasteiger partial charge in [0.2, 0.25) is 0 Å². The first-order chi connectivity index (χ1) is 9.69. The van der Waals surface area contributed by atoms with Gasteiger partial charge in [0.1, 0.15) is 5.69 Å². The van der Waals surface area contributed by atoms with Crippen molar-refractivity contribution in [1.29, 1.82) is 0 Å². The van der Waals surface area contributed by atoms with Crippen LogP contribution >= 0.6 is 11.6 Å². The molecule has 4 heteroatoms. The summed E-state index contributed by atoms with van der Waals surface area (Å²) in [6.07, 6.45) is 8.25. The Balaban J connectivity index is 1.50. The fourth-order valence-electron chi connectivity index (χ4n) is 4.92. The van der Waals surface area contributed by atoms with Crippen LogP contribution < -0.4 is 5.32 Å². The number of hydrogen-bond donors (Lipinski definition) is 1.